The Kier molecular flexibility index (Phi) is 3.45. The molecule has 2 unspecified atom stereocenters. The minimum Gasteiger partial charge on any atom is -0.353 e. The van der Waals surface area contributed by atoms with E-state index in [-0.39, 0.29) is 30.8 Å². The van der Waals surface area contributed by atoms with Crippen LogP contribution < -0.4 is 0 Å². The van der Waals surface area contributed by atoms with Crippen molar-refractivity contribution in [2.24, 2.45) is 11.8 Å². The molecule has 0 aromatic carbocycles. The molecule has 0 bridgehead atoms. The molecule has 3 rings (SSSR count). The molecule has 6 heteroatoms. The van der Waals surface area contributed by atoms with Crippen LogP contribution in [0.1, 0.15) is 26.7 Å². The molecule has 0 N–H and O–H groups in total. The second-order valence-corrected chi connectivity index (χ2v) is 7.32. The van der Waals surface area contributed by atoms with Gasteiger partial charge in [-0.05, 0) is 18.9 Å². The molecule has 108 valence electrons. The molecule has 5 nitrogen and oxygen atoms in total. The largest absolute Gasteiger partial charge is 0.353 e. The molecular formula is C13H20O5S. The lowest BCUT2D eigenvalue weighted by atomic mass is 9.82. The number of fused-ring (bicyclic) bond motifs is 2. The van der Waals surface area contributed by atoms with E-state index in [0.29, 0.717) is 13.0 Å². The number of ether oxygens (including phenoxy) is 2. The Morgan fingerprint density at radius 3 is 2.95 bits per heavy atom. The van der Waals surface area contributed by atoms with Gasteiger partial charge < -0.3 is 9.47 Å². The fourth-order valence-electron chi connectivity index (χ4n) is 3.27. The maximum atomic E-state index is 12.0. The maximum Gasteiger partial charge on any atom is 0.274 e. The first-order valence-corrected chi connectivity index (χ1v) is 8.35. The van der Waals surface area contributed by atoms with E-state index in [2.05, 4.69) is 6.08 Å². The summed E-state index contributed by atoms with van der Waals surface area (Å²) in [6.07, 6.45) is 3.16. The van der Waals surface area contributed by atoms with Crippen molar-refractivity contribution in [3.05, 3.63) is 11.6 Å². The third kappa shape index (κ3) is 2.35. The molecular weight excluding hydrogens is 268 g/mol. The van der Waals surface area contributed by atoms with Gasteiger partial charge in [-0.25, -0.2) is 0 Å². The zero-order valence-electron chi connectivity index (χ0n) is 11.2. The minimum atomic E-state index is -3.47. The quantitative estimate of drug-likeness (QED) is 0.568. The average molecular weight is 288 g/mol. The predicted octanol–water partition coefficient (Wildman–Crippen LogP) is 1.45. The van der Waals surface area contributed by atoms with Gasteiger partial charge in [0.1, 0.15) is 5.25 Å². The van der Waals surface area contributed by atoms with Gasteiger partial charge >= 0.3 is 0 Å². The van der Waals surface area contributed by atoms with Crippen LogP contribution in [0.25, 0.3) is 0 Å². The monoisotopic (exact) mass is 288 g/mol. The summed E-state index contributed by atoms with van der Waals surface area (Å²) in [6, 6.07) is 0. The van der Waals surface area contributed by atoms with Crippen molar-refractivity contribution in [2.45, 2.75) is 44.3 Å². The Hall–Kier alpha value is -0.430. The van der Waals surface area contributed by atoms with Crippen LogP contribution in [-0.2, 0) is 23.8 Å². The van der Waals surface area contributed by atoms with Crippen molar-refractivity contribution in [3.63, 3.8) is 0 Å². The Balaban J connectivity index is 1.85. The molecule has 5 atom stereocenters. The van der Waals surface area contributed by atoms with Crippen molar-refractivity contribution in [1.82, 2.24) is 0 Å². The van der Waals surface area contributed by atoms with E-state index >= 15 is 0 Å². The zero-order chi connectivity index (χ0) is 13.6. The summed E-state index contributed by atoms with van der Waals surface area (Å²) in [7, 11) is -3.47. The highest BCUT2D eigenvalue weighted by Gasteiger charge is 2.47. The van der Waals surface area contributed by atoms with Crippen molar-refractivity contribution >= 4 is 10.1 Å². The summed E-state index contributed by atoms with van der Waals surface area (Å²) >= 11 is 0. The van der Waals surface area contributed by atoms with Gasteiger partial charge in [-0.3, -0.25) is 4.18 Å². The van der Waals surface area contributed by atoms with E-state index in [1.165, 1.54) is 0 Å². The third-order valence-corrected chi connectivity index (χ3v) is 5.87. The first-order valence-electron chi connectivity index (χ1n) is 6.88. The summed E-state index contributed by atoms with van der Waals surface area (Å²) < 4.78 is 40.3. The second-order valence-electron chi connectivity index (χ2n) is 5.53. The van der Waals surface area contributed by atoms with Gasteiger partial charge in [-0.1, -0.05) is 13.0 Å². The zero-order valence-corrected chi connectivity index (χ0v) is 12.1. The second kappa shape index (κ2) is 4.84. The SMILES string of the molecule is CCOC1C[C@H]2C=C3C(C[C@H]2O1)S(=O)(=O)OC[C@@H]3C. The fraction of sp³-hybridized carbons (Fsp3) is 0.846. The van der Waals surface area contributed by atoms with Crippen molar-refractivity contribution < 1.29 is 22.1 Å². The maximum absolute atomic E-state index is 12.0. The van der Waals surface area contributed by atoms with Gasteiger partial charge in [0.2, 0.25) is 0 Å². The van der Waals surface area contributed by atoms with E-state index in [0.717, 1.165) is 12.0 Å². The van der Waals surface area contributed by atoms with Crippen LogP contribution in [0.5, 0.6) is 0 Å². The number of rotatable bonds is 2. The predicted molar refractivity (Wildman–Crippen MR) is 68.9 cm³/mol. The average Bonchev–Trinajstić information content (AvgIpc) is 2.75. The molecule has 2 aliphatic heterocycles. The van der Waals surface area contributed by atoms with Crippen LogP contribution in [0.15, 0.2) is 11.6 Å². The van der Waals surface area contributed by atoms with Crippen LogP contribution in [0.3, 0.4) is 0 Å². The lowest BCUT2D eigenvalue weighted by molar-refractivity contribution is -0.132. The van der Waals surface area contributed by atoms with Gasteiger partial charge in [0, 0.05) is 24.9 Å². The van der Waals surface area contributed by atoms with Gasteiger partial charge in [0.15, 0.2) is 6.29 Å². The van der Waals surface area contributed by atoms with E-state index in [1.807, 2.05) is 13.8 Å². The summed E-state index contributed by atoms with van der Waals surface area (Å²) in [5.74, 6) is 0.444. The Labute approximate surface area is 114 Å². The first-order chi connectivity index (χ1) is 9.01. The summed E-state index contributed by atoms with van der Waals surface area (Å²) in [5.41, 5.74) is 1.01. The fourth-order valence-corrected chi connectivity index (χ4v) is 4.89. The smallest absolute Gasteiger partial charge is 0.274 e. The molecule has 19 heavy (non-hydrogen) atoms. The summed E-state index contributed by atoms with van der Waals surface area (Å²) in [6.45, 7) is 4.83. The molecule has 2 fully saturated rings. The Bertz CT molecular complexity index is 483. The molecule has 0 aromatic heterocycles. The Morgan fingerprint density at radius 2 is 2.21 bits per heavy atom. The molecule has 2 heterocycles. The Morgan fingerprint density at radius 1 is 1.42 bits per heavy atom. The van der Waals surface area contributed by atoms with Crippen LogP contribution >= 0.6 is 0 Å². The normalized spacial score (nSPS) is 44.3. The first kappa shape index (κ1) is 13.5. The molecule has 2 saturated heterocycles. The molecule has 1 aliphatic carbocycles. The standard InChI is InChI=1S/C13H20O5S/c1-3-16-13-5-9-4-10-8(2)7-17-19(14,15)12(10)6-11(9)18-13/h4,8-9,11-13H,3,5-7H2,1-2H3/t8-,9+,11+,12?,13?/m0/s1. The number of hydrogen-bond donors (Lipinski definition) is 0. The van der Waals surface area contributed by atoms with Crippen LogP contribution in [-0.4, -0.2) is 39.3 Å². The summed E-state index contributed by atoms with van der Waals surface area (Å²) in [5, 5.41) is -0.530. The van der Waals surface area contributed by atoms with Crippen molar-refractivity contribution in [2.75, 3.05) is 13.2 Å². The highest BCUT2D eigenvalue weighted by atomic mass is 32.2. The van der Waals surface area contributed by atoms with Crippen LogP contribution in [0, 0.1) is 11.8 Å². The van der Waals surface area contributed by atoms with Crippen LogP contribution in [0.2, 0.25) is 0 Å². The lowest BCUT2D eigenvalue weighted by Crippen LogP contribution is -2.42. The van der Waals surface area contributed by atoms with E-state index in [4.69, 9.17) is 13.7 Å². The molecule has 0 spiro atoms. The van der Waals surface area contributed by atoms with Gasteiger partial charge in [0.25, 0.3) is 10.1 Å². The van der Waals surface area contributed by atoms with Gasteiger partial charge in [0.05, 0.1) is 12.7 Å². The van der Waals surface area contributed by atoms with E-state index in [1.54, 1.807) is 0 Å². The molecule has 0 radical (unpaired) electrons. The summed E-state index contributed by atoms with van der Waals surface area (Å²) in [4.78, 5) is 0. The highest BCUT2D eigenvalue weighted by Crippen LogP contribution is 2.43. The molecule has 0 saturated carbocycles. The molecule has 0 aromatic rings. The van der Waals surface area contributed by atoms with E-state index < -0.39 is 15.4 Å². The van der Waals surface area contributed by atoms with Crippen molar-refractivity contribution in [3.8, 4) is 0 Å². The topological polar surface area (TPSA) is 61.8 Å². The van der Waals surface area contributed by atoms with Crippen molar-refractivity contribution in [1.29, 1.82) is 0 Å². The lowest BCUT2D eigenvalue weighted by Gasteiger charge is -2.36. The van der Waals surface area contributed by atoms with Gasteiger partial charge in [-0.2, -0.15) is 8.42 Å². The van der Waals surface area contributed by atoms with E-state index in [9.17, 15) is 8.42 Å². The van der Waals surface area contributed by atoms with Crippen LogP contribution in [0.4, 0.5) is 0 Å². The molecule has 3 aliphatic rings. The number of hydrogen-bond acceptors (Lipinski definition) is 5. The molecule has 0 amide bonds. The third-order valence-electron chi connectivity index (χ3n) is 4.25. The minimum absolute atomic E-state index is 0.0611. The van der Waals surface area contributed by atoms with Gasteiger partial charge in [-0.15, -0.1) is 0 Å². The highest BCUT2D eigenvalue weighted by molar-refractivity contribution is 7.87.